The van der Waals surface area contributed by atoms with Crippen LogP contribution in [0.1, 0.15) is 17.5 Å². The molecule has 8 heteroatoms. The quantitative estimate of drug-likeness (QED) is 0.233. The summed E-state index contributed by atoms with van der Waals surface area (Å²) in [5, 5.41) is 18.5. The van der Waals surface area contributed by atoms with Gasteiger partial charge in [0.1, 0.15) is 11.3 Å². The van der Waals surface area contributed by atoms with Gasteiger partial charge in [-0.3, -0.25) is 9.59 Å². The number of rotatable bonds is 12. The van der Waals surface area contributed by atoms with Crippen molar-refractivity contribution in [2.24, 2.45) is 0 Å². The van der Waals surface area contributed by atoms with Crippen molar-refractivity contribution in [1.82, 2.24) is 15.6 Å². The smallest absolute Gasteiger partial charge is 0.305 e. The van der Waals surface area contributed by atoms with Gasteiger partial charge in [-0.05, 0) is 47.4 Å². The number of benzene rings is 3. The maximum absolute atomic E-state index is 12.0. The van der Waals surface area contributed by atoms with Crippen LogP contribution >= 0.6 is 11.3 Å². The van der Waals surface area contributed by atoms with Crippen LogP contribution in [-0.2, 0) is 22.4 Å². The average molecular weight is 480 g/mol. The summed E-state index contributed by atoms with van der Waals surface area (Å²) in [6.07, 6.45) is 1.89. The normalized spacial score (nSPS) is 11.3. The van der Waals surface area contributed by atoms with Crippen molar-refractivity contribution in [1.29, 1.82) is 0 Å². The highest BCUT2D eigenvalue weighted by atomic mass is 32.1. The van der Waals surface area contributed by atoms with E-state index in [-0.39, 0.29) is 16.5 Å². The fourth-order valence-corrected chi connectivity index (χ4v) is 4.75. The lowest BCUT2D eigenvalue weighted by Gasteiger charge is -2.08. The molecule has 4 N–H and O–H groups in total. The number of hydrogen-bond donors (Lipinski definition) is 4. The van der Waals surface area contributed by atoms with Gasteiger partial charge in [0.25, 0.3) is 0 Å². The van der Waals surface area contributed by atoms with Gasteiger partial charge < -0.3 is 25.5 Å². The van der Waals surface area contributed by atoms with E-state index in [2.05, 4.69) is 45.9 Å². The molecule has 178 valence electrons. The summed E-state index contributed by atoms with van der Waals surface area (Å²) in [7, 11) is 0. The molecule has 0 bridgehead atoms. The molecule has 0 radical (unpaired) electrons. The van der Waals surface area contributed by atoms with E-state index in [1.807, 2.05) is 18.2 Å². The predicted molar refractivity (Wildman–Crippen MR) is 137 cm³/mol. The fourth-order valence-electron chi connectivity index (χ4n) is 3.85. The Hall–Kier alpha value is -3.20. The molecule has 1 aromatic heterocycles. The second kappa shape index (κ2) is 11.8. The van der Waals surface area contributed by atoms with E-state index < -0.39 is 0 Å². The molecular weight excluding hydrogens is 450 g/mol. The highest BCUT2D eigenvalue weighted by Gasteiger charge is 2.09. The Kier molecular flexibility index (Phi) is 8.30. The molecule has 0 aliphatic carbocycles. The van der Waals surface area contributed by atoms with Crippen LogP contribution in [0.3, 0.4) is 0 Å². The van der Waals surface area contributed by atoms with Crippen molar-refractivity contribution in [2.45, 2.75) is 19.3 Å². The predicted octanol–water partition coefficient (Wildman–Crippen LogP) is 3.35. The summed E-state index contributed by atoms with van der Waals surface area (Å²) in [4.78, 5) is 26.1. The van der Waals surface area contributed by atoms with Gasteiger partial charge in [-0.25, -0.2) is 0 Å². The van der Waals surface area contributed by atoms with Crippen LogP contribution in [0.4, 0.5) is 0 Å². The SMILES string of the molecule is O=C(CCOCCc1ccc2ccccc2c1)NCCNCCc1ccc(O)c2[nH]c(=O)sc12. The molecule has 0 atom stereocenters. The zero-order valence-electron chi connectivity index (χ0n) is 18.9. The number of aromatic hydroxyl groups is 1. The van der Waals surface area contributed by atoms with Crippen LogP contribution in [0.15, 0.2) is 59.4 Å². The number of amides is 1. The summed E-state index contributed by atoms with van der Waals surface area (Å²) in [6.45, 7) is 2.90. The average Bonchev–Trinajstić information content (AvgIpc) is 3.24. The number of aromatic amines is 1. The standard InChI is InChI=1S/C26H29N3O4S/c30-22-8-7-20(25-24(22)29-26(32)34-25)9-12-27-13-14-28-23(31)11-16-33-15-10-18-5-6-19-3-1-2-4-21(19)17-18/h1-8,17,27,30H,9-16H2,(H,28,31)(H,29,32). The third kappa shape index (κ3) is 6.44. The molecule has 0 spiro atoms. The van der Waals surface area contributed by atoms with Crippen molar-refractivity contribution < 1.29 is 14.6 Å². The van der Waals surface area contributed by atoms with Gasteiger partial charge >= 0.3 is 4.87 Å². The van der Waals surface area contributed by atoms with E-state index in [9.17, 15) is 14.7 Å². The number of carbonyl (C=O) groups excluding carboxylic acids is 1. The van der Waals surface area contributed by atoms with Gasteiger partial charge in [0.15, 0.2) is 0 Å². The maximum atomic E-state index is 12.0. The molecule has 0 aliphatic rings. The van der Waals surface area contributed by atoms with Crippen LogP contribution in [0, 0.1) is 0 Å². The Morgan fingerprint density at radius 2 is 1.82 bits per heavy atom. The van der Waals surface area contributed by atoms with Crippen molar-refractivity contribution in [3.63, 3.8) is 0 Å². The van der Waals surface area contributed by atoms with Crippen molar-refractivity contribution >= 4 is 38.2 Å². The Labute approximate surface area is 201 Å². The Bertz CT molecular complexity index is 1310. The van der Waals surface area contributed by atoms with Gasteiger partial charge in [0, 0.05) is 19.5 Å². The monoisotopic (exact) mass is 479 g/mol. The van der Waals surface area contributed by atoms with Crippen LogP contribution < -0.4 is 15.5 Å². The van der Waals surface area contributed by atoms with Gasteiger partial charge in [0.05, 0.1) is 17.9 Å². The summed E-state index contributed by atoms with van der Waals surface area (Å²) in [6, 6.07) is 18.2. The number of phenols is 1. The third-order valence-electron chi connectivity index (χ3n) is 5.66. The summed E-state index contributed by atoms with van der Waals surface area (Å²) >= 11 is 1.11. The van der Waals surface area contributed by atoms with Crippen LogP contribution in [0.2, 0.25) is 0 Å². The van der Waals surface area contributed by atoms with Gasteiger partial charge in [0.2, 0.25) is 5.91 Å². The summed E-state index contributed by atoms with van der Waals surface area (Å²) < 4.78 is 6.43. The lowest BCUT2D eigenvalue weighted by atomic mass is 10.1. The number of thiazole rings is 1. The van der Waals surface area contributed by atoms with Gasteiger partial charge in [-0.15, -0.1) is 0 Å². The number of carbonyl (C=O) groups is 1. The van der Waals surface area contributed by atoms with Gasteiger partial charge in [-0.2, -0.15) is 0 Å². The number of hydrogen-bond acceptors (Lipinski definition) is 6. The van der Waals surface area contributed by atoms with E-state index in [1.165, 1.54) is 16.3 Å². The lowest BCUT2D eigenvalue weighted by molar-refractivity contribution is -0.122. The fraction of sp³-hybridized carbons (Fsp3) is 0.308. The third-order valence-corrected chi connectivity index (χ3v) is 6.61. The molecule has 0 saturated carbocycles. The number of ether oxygens (including phenoxy) is 1. The van der Waals surface area contributed by atoms with E-state index in [0.29, 0.717) is 44.8 Å². The molecule has 0 saturated heterocycles. The number of fused-ring (bicyclic) bond motifs is 2. The largest absolute Gasteiger partial charge is 0.506 e. The van der Waals surface area contributed by atoms with Gasteiger partial charge in [-0.1, -0.05) is 59.9 Å². The van der Waals surface area contributed by atoms with Crippen LogP contribution in [0.25, 0.3) is 21.0 Å². The first-order valence-corrected chi connectivity index (χ1v) is 12.3. The molecule has 1 amide bonds. The highest BCUT2D eigenvalue weighted by Crippen LogP contribution is 2.27. The number of phenolic OH excluding ortho intramolecular Hbond substituents is 1. The first-order chi connectivity index (χ1) is 16.6. The molecule has 4 rings (SSSR count). The molecule has 0 aliphatic heterocycles. The zero-order chi connectivity index (χ0) is 23.8. The minimum Gasteiger partial charge on any atom is -0.506 e. The molecule has 1 heterocycles. The lowest BCUT2D eigenvalue weighted by Crippen LogP contribution is -2.33. The van der Waals surface area contributed by atoms with E-state index >= 15 is 0 Å². The zero-order valence-corrected chi connectivity index (χ0v) is 19.7. The van der Waals surface area contributed by atoms with E-state index in [0.717, 1.165) is 34.4 Å². The second-order valence-corrected chi connectivity index (χ2v) is 9.09. The first-order valence-electron chi connectivity index (χ1n) is 11.5. The minimum absolute atomic E-state index is 0.0233. The van der Waals surface area contributed by atoms with Crippen LogP contribution in [0.5, 0.6) is 5.75 Å². The maximum Gasteiger partial charge on any atom is 0.305 e. The van der Waals surface area contributed by atoms with Crippen molar-refractivity contribution in [2.75, 3.05) is 32.8 Å². The molecule has 7 nitrogen and oxygen atoms in total. The number of nitrogens with one attached hydrogen (secondary N) is 3. The van der Waals surface area contributed by atoms with E-state index in [4.69, 9.17) is 4.74 Å². The van der Waals surface area contributed by atoms with Crippen molar-refractivity contribution in [3.05, 3.63) is 75.4 Å². The molecule has 3 aromatic carbocycles. The van der Waals surface area contributed by atoms with Crippen molar-refractivity contribution in [3.8, 4) is 5.75 Å². The van der Waals surface area contributed by atoms with E-state index in [1.54, 1.807) is 6.07 Å². The summed E-state index contributed by atoms with van der Waals surface area (Å²) in [5.41, 5.74) is 2.74. The second-order valence-electron chi connectivity index (χ2n) is 8.11. The topological polar surface area (TPSA) is 103 Å². The minimum atomic E-state index is -0.175. The highest BCUT2D eigenvalue weighted by molar-refractivity contribution is 7.16. The van der Waals surface area contributed by atoms with Crippen LogP contribution in [-0.4, -0.2) is 48.8 Å². The molecule has 4 aromatic rings. The Morgan fingerprint density at radius 3 is 2.71 bits per heavy atom. The number of aromatic nitrogens is 1. The first kappa shape index (κ1) is 23.9. The molecule has 0 fully saturated rings. The molecular formula is C26H29N3O4S. The number of H-pyrrole nitrogens is 1. The Morgan fingerprint density at radius 1 is 0.971 bits per heavy atom. The molecule has 0 unspecified atom stereocenters. The molecule has 34 heavy (non-hydrogen) atoms. The summed E-state index contributed by atoms with van der Waals surface area (Å²) in [5.74, 6) is 0.0651. The Balaban J connectivity index is 1.06.